The van der Waals surface area contributed by atoms with Crippen molar-refractivity contribution in [3.63, 3.8) is 0 Å². The molecule has 1 spiro atoms. The summed E-state index contributed by atoms with van der Waals surface area (Å²) in [6.07, 6.45) is 8.62. The Kier molecular flexibility index (Phi) is 5.71. The van der Waals surface area contributed by atoms with Crippen LogP contribution in [0.1, 0.15) is 43.0 Å². The average Bonchev–Trinajstić information content (AvgIpc) is 3.07. The number of hydrogen-bond acceptors (Lipinski definition) is 4. The van der Waals surface area contributed by atoms with Crippen molar-refractivity contribution in [2.75, 3.05) is 20.3 Å². The molecular formula is C21H26N2O4. The van der Waals surface area contributed by atoms with Crippen molar-refractivity contribution in [3.05, 3.63) is 29.8 Å². The third-order valence-electron chi connectivity index (χ3n) is 5.52. The minimum absolute atomic E-state index is 0.126. The first kappa shape index (κ1) is 19.2. The highest BCUT2D eigenvalue weighted by Crippen LogP contribution is 2.43. The van der Waals surface area contributed by atoms with Crippen LogP contribution in [-0.4, -0.2) is 48.7 Å². The van der Waals surface area contributed by atoms with E-state index >= 15 is 0 Å². The lowest BCUT2D eigenvalue weighted by atomic mass is 9.83. The van der Waals surface area contributed by atoms with E-state index in [1.807, 2.05) is 0 Å². The molecule has 1 aromatic rings. The van der Waals surface area contributed by atoms with E-state index in [1.54, 1.807) is 36.3 Å². The van der Waals surface area contributed by atoms with Gasteiger partial charge in [-0.3, -0.25) is 14.5 Å². The summed E-state index contributed by atoms with van der Waals surface area (Å²) in [6.45, 7) is 2.51. The highest BCUT2D eigenvalue weighted by molar-refractivity contribution is 5.98. The van der Waals surface area contributed by atoms with E-state index in [4.69, 9.17) is 15.9 Å². The molecule has 1 aromatic carbocycles. The van der Waals surface area contributed by atoms with Gasteiger partial charge in [-0.05, 0) is 49.8 Å². The summed E-state index contributed by atoms with van der Waals surface area (Å²) < 4.78 is 11.4. The molecule has 1 saturated carbocycles. The molecular weight excluding hydrogens is 344 g/mol. The van der Waals surface area contributed by atoms with Gasteiger partial charge in [-0.2, -0.15) is 0 Å². The maximum Gasteiger partial charge on any atom is 0.257 e. The van der Waals surface area contributed by atoms with Crippen molar-refractivity contribution < 1.29 is 19.1 Å². The molecule has 3 rings (SSSR count). The number of carbonyl (C=O) groups excluding carboxylic acids is 2. The Morgan fingerprint density at radius 1 is 1.41 bits per heavy atom. The number of nitrogens with zero attached hydrogens (tertiary/aromatic N) is 1. The van der Waals surface area contributed by atoms with Gasteiger partial charge in [0.15, 0.2) is 0 Å². The molecule has 0 unspecified atom stereocenters. The van der Waals surface area contributed by atoms with Crippen molar-refractivity contribution in [3.8, 4) is 18.1 Å². The first-order valence-electron chi connectivity index (χ1n) is 9.33. The van der Waals surface area contributed by atoms with Crippen LogP contribution in [0, 0.1) is 18.3 Å². The molecule has 2 fully saturated rings. The topological polar surface area (TPSA) is 67.9 Å². The van der Waals surface area contributed by atoms with Gasteiger partial charge in [-0.25, -0.2) is 0 Å². The fourth-order valence-electron chi connectivity index (χ4n) is 3.93. The Bertz CT molecular complexity index is 747. The lowest BCUT2D eigenvalue weighted by molar-refractivity contribution is -0.127. The second kappa shape index (κ2) is 8.01. The molecule has 6 nitrogen and oxygen atoms in total. The van der Waals surface area contributed by atoms with E-state index in [0.717, 1.165) is 25.7 Å². The fourth-order valence-corrected chi connectivity index (χ4v) is 3.93. The summed E-state index contributed by atoms with van der Waals surface area (Å²) in [5.41, 5.74) is -0.252. The van der Waals surface area contributed by atoms with Crippen LogP contribution in [0.25, 0.3) is 0 Å². The van der Waals surface area contributed by atoms with Gasteiger partial charge in [0.25, 0.3) is 5.91 Å². The van der Waals surface area contributed by atoms with Crippen molar-refractivity contribution in [1.29, 1.82) is 0 Å². The molecule has 1 aliphatic carbocycles. The number of benzene rings is 1. The molecule has 0 bridgehead atoms. The molecule has 1 atom stereocenters. The highest BCUT2D eigenvalue weighted by Gasteiger charge is 2.53. The summed E-state index contributed by atoms with van der Waals surface area (Å²) in [7, 11) is 1.56. The van der Waals surface area contributed by atoms with Gasteiger partial charge in [0.05, 0.1) is 20.3 Å². The predicted molar refractivity (Wildman–Crippen MR) is 101 cm³/mol. The molecule has 1 heterocycles. The van der Waals surface area contributed by atoms with Crippen LogP contribution in [0.5, 0.6) is 5.75 Å². The maximum absolute atomic E-state index is 13.4. The maximum atomic E-state index is 13.4. The van der Waals surface area contributed by atoms with E-state index in [0.29, 0.717) is 17.2 Å². The molecule has 6 heteroatoms. The van der Waals surface area contributed by atoms with Crippen LogP contribution >= 0.6 is 0 Å². The lowest BCUT2D eigenvalue weighted by Crippen LogP contribution is -2.56. The summed E-state index contributed by atoms with van der Waals surface area (Å²) in [5.74, 6) is 3.08. The van der Waals surface area contributed by atoms with Gasteiger partial charge >= 0.3 is 0 Å². The highest BCUT2D eigenvalue weighted by atomic mass is 16.5. The number of rotatable bonds is 4. The second-order valence-corrected chi connectivity index (χ2v) is 7.28. The lowest BCUT2D eigenvalue weighted by Gasteiger charge is -2.43. The number of amides is 2. The van der Waals surface area contributed by atoms with Gasteiger partial charge < -0.3 is 14.8 Å². The number of ether oxygens (including phenoxy) is 2. The summed E-state index contributed by atoms with van der Waals surface area (Å²) in [4.78, 5) is 27.7. The molecule has 144 valence electrons. The minimum Gasteiger partial charge on any atom is -0.497 e. The number of nitrogens with one attached hydrogen (secondary N) is 1. The first-order valence-corrected chi connectivity index (χ1v) is 9.33. The monoisotopic (exact) mass is 370 g/mol. The van der Waals surface area contributed by atoms with Crippen LogP contribution in [0.3, 0.4) is 0 Å². The van der Waals surface area contributed by atoms with E-state index in [9.17, 15) is 9.59 Å². The fraction of sp³-hybridized carbons (Fsp3) is 0.524. The van der Waals surface area contributed by atoms with Crippen molar-refractivity contribution >= 4 is 11.8 Å². The van der Waals surface area contributed by atoms with E-state index in [1.165, 1.54) is 0 Å². The summed E-state index contributed by atoms with van der Waals surface area (Å²) in [5, 5.41) is 2.69. The SMILES string of the molecule is C#CCNC(=O)[C@@H]1COC2(CCC(C)CC2)N1C(=O)c1cccc(OC)c1. The molecule has 1 aliphatic heterocycles. The quantitative estimate of drug-likeness (QED) is 0.825. The average molecular weight is 370 g/mol. The van der Waals surface area contributed by atoms with Crippen LogP contribution in [0.15, 0.2) is 24.3 Å². The number of hydrogen-bond donors (Lipinski definition) is 1. The van der Waals surface area contributed by atoms with Gasteiger partial charge in [0, 0.05) is 5.56 Å². The standard InChI is InChI=1S/C21H26N2O4/c1-4-12-22-19(24)18-14-27-21(10-8-15(2)9-11-21)23(18)20(25)16-6-5-7-17(13-16)26-3/h1,5-7,13,15,18H,8-12,14H2,2-3H3,(H,22,24)/t15?,18-,21?/m0/s1. The third kappa shape index (κ3) is 3.79. The Hall–Kier alpha value is -2.52. The minimum atomic E-state index is -0.731. The molecule has 1 saturated heterocycles. The Morgan fingerprint density at radius 3 is 2.81 bits per heavy atom. The molecule has 2 amide bonds. The van der Waals surface area contributed by atoms with Crippen LogP contribution in [0.4, 0.5) is 0 Å². The third-order valence-corrected chi connectivity index (χ3v) is 5.52. The second-order valence-electron chi connectivity index (χ2n) is 7.28. The van der Waals surface area contributed by atoms with Gasteiger partial charge in [0.2, 0.25) is 5.91 Å². The zero-order valence-corrected chi connectivity index (χ0v) is 15.9. The van der Waals surface area contributed by atoms with E-state index < -0.39 is 11.8 Å². The van der Waals surface area contributed by atoms with E-state index in [2.05, 4.69) is 18.2 Å². The summed E-state index contributed by atoms with van der Waals surface area (Å²) >= 11 is 0. The molecule has 27 heavy (non-hydrogen) atoms. The number of methoxy groups -OCH3 is 1. The zero-order chi connectivity index (χ0) is 19.4. The Balaban J connectivity index is 1.93. The molecule has 0 radical (unpaired) electrons. The van der Waals surface area contributed by atoms with Crippen molar-refractivity contribution in [2.45, 2.75) is 44.4 Å². The zero-order valence-electron chi connectivity index (χ0n) is 15.9. The predicted octanol–water partition coefficient (Wildman–Crippen LogP) is 2.19. The first-order chi connectivity index (χ1) is 13.0. The largest absolute Gasteiger partial charge is 0.497 e. The van der Waals surface area contributed by atoms with Gasteiger partial charge in [0.1, 0.15) is 17.5 Å². The van der Waals surface area contributed by atoms with Crippen LogP contribution in [0.2, 0.25) is 0 Å². The normalized spacial score (nSPS) is 27.2. The Morgan fingerprint density at radius 2 is 2.15 bits per heavy atom. The van der Waals surface area contributed by atoms with Crippen LogP contribution in [-0.2, 0) is 9.53 Å². The number of carbonyl (C=O) groups is 2. The number of terminal acetylenes is 1. The van der Waals surface area contributed by atoms with Crippen LogP contribution < -0.4 is 10.1 Å². The Labute approximate surface area is 160 Å². The molecule has 0 aromatic heterocycles. The van der Waals surface area contributed by atoms with Crippen molar-refractivity contribution in [2.24, 2.45) is 5.92 Å². The van der Waals surface area contributed by atoms with Gasteiger partial charge in [-0.15, -0.1) is 6.42 Å². The van der Waals surface area contributed by atoms with Gasteiger partial charge in [-0.1, -0.05) is 18.9 Å². The molecule has 2 aliphatic rings. The van der Waals surface area contributed by atoms with E-state index in [-0.39, 0.29) is 25.0 Å². The molecule has 1 N–H and O–H groups in total. The smallest absolute Gasteiger partial charge is 0.257 e. The van der Waals surface area contributed by atoms with Crippen molar-refractivity contribution in [1.82, 2.24) is 10.2 Å². The summed E-state index contributed by atoms with van der Waals surface area (Å²) in [6, 6.07) is 6.29.